The van der Waals surface area contributed by atoms with Crippen LogP contribution in [0.1, 0.15) is 27.4 Å². The van der Waals surface area contributed by atoms with Gasteiger partial charge in [0.25, 0.3) is 15.9 Å². The number of benzene rings is 1. The molecule has 7 nitrogen and oxygen atoms in total. The van der Waals surface area contributed by atoms with Crippen molar-refractivity contribution < 1.29 is 22.5 Å². The number of hydrogen-bond acceptors (Lipinski definition) is 6. The summed E-state index contributed by atoms with van der Waals surface area (Å²) in [6.07, 6.45) is 0.701. The molecule has 0 saturated carbocycles. The average molecular weight is 322 g/mol. The van der Waals surface area contributed by atoms with Crippen LogP contribution in [0.4, 0.5) is 0 Å². The molecule has 116 valence electrons. The molecule has 0 unspecified atom stereocenters. The number of aryl methyl sites for hydroxylation is 2. The van der Waals surface area contributed by atoms with Gasteiger partial charge in [-0.15, -0.1) is 0 Å². The Morgan fingerprint density at radius 2 is 2.09 bits per heavy atom. The molecular formula is C14H14N2O5S. The summed E-state index contributed by atoms with van der Waals surface area (Å²) in [5.41, 5.74) is 1.36. The highest BCUT2D eigenvalue weighted by Gasteiger charge is 2.27. The van der Waals surface area contributed by atoms with Gasteiger partial charge in [0.15, 0.2) is 10.7 Å². The Kier molecular flexibility index (Phi) is 3.40. The Bertz CT molecular complexity index is 835. The Hall–Kier alpha value is -2.35. The molecule has 0 atom stereocenters. The van der Waals surface area contributed by atoms with Gasteiger partial charge in [-0.3, -0.25) is 4.79 Å². The number of ether oxygens (including phenoxy) is 1. The van der Waals surface area contributed by atoms with Crippen LogP contribution in [0.3, 0.4) is 0 Å². The lowest BCUT2D eigenvalue weighted by Crippen LogP contribution is -2.31. The SMILES string of the molecule is Cc1noc(C)c1S(=O)(=O)NC(=O)c1ccc2c(c1)CCO2. The lowest BCUT2D eigenvalue weighted by molar-refractivity contribution is 0.0981. The van der Waals surface area contributed by atoms with Gasteiger partial charge in [0.2, 0.25) is 0 Å². The first-order chi connectivity index (χ1) is 10.4. The van der Waals surface area contributed by atoms with Crippen LogP contribution >= 0.6 is 0 Å². The largest absolute Gasteiger partial charge is 0.493 e. The molecule has 0 bridgehead atoms. The summed E-state index contributed by atoms with van der Waals surface area (Å²) in [7, 11) is -4.03. The van der Waals surface area contributed by atoms with Crippen LogP contribution in [0.15, 0.2) is 27.6 Å². The number of carbonyl (C=O) groups is 1. The molecule has 1 aromatic heterocycles. The summed E-state index contributed by atoms with van der Waals surface area (Å²) in [6.45, 7) is 3.55. The van der Waals surface area contributed by atoms with E-state index in [2.05, 4.69) is 5.16 Å². The molecule has 0 spiro atoms. The van der Waals surface area contributed by atoms with E-state index in [9.17, 15) is 13.2 Å². The Balaban J connectivity index is 1.88. The smallest absolute Gasteiger partial charge is 0.269 e. The maximum atomic E-state index is 12.3. The highest BCUT2D eigenvalue weighted by Crippen LogP contribution is 2.26. The molecule has 8 heteroatoms. The van der Waals surface area contributed by atoms with E-state index in [-0.39, 0.29) is 21.9 Å². The Morgan fingerprint density at radius 1 is 1.32 bits per heavy atom. The number of fused-ring (bicyclic) bond motifs is 1. The summed E-state index contributed by atoms with van der Waals surface area (Å²) < 4.78 is 36.8. The third kappa shape index (κ3) is 2.45. The van der Waals surface area contributed by atoms with Crippen molar-refractivity contribution in [2.24, 2.45) is 0 Å². The average Bonchev–Trinajstić information content (AvgIpc) is 3.04. The zero-order chi connectivity index (χ0) is 15.9. The van der Waals surface area contributed by atoms with Crippen LogP contribution in [0.2, 0.25) is 0 Å². The third-order valence-corrected chi connectivity index (χ3v) is 4.99. The van der Waals surface area contributed by atoms with Gasteiger partial charge in [0.05, 0.1) is 6.61 Å². The van der Waals surface area contributed by atoms with E-state index in [0.717, 1.165) is 11.3 Å². The quantitative estimate of drug-likeness (QED) is 0.916. The zero-order valence-electron chi connectivity index (χ0n) is 12.0. The van der Waals surface area contributed by atoms with Gasteiger partial charge in [-0.25, -0.2) is 13.1 Å². The van der Waals surface area contributed by atoms with Crippen molar-refractivity contribution in [3.63, 3.8) is 0 Å². The maximum absolute atomic E-state index is 12.3. The van der Waals surface area contributed by atoms with E-state index in [1.807, 2.05) is 4.72 Å². The molecule has 1 N–H and O–H groups in total. The first-order valence-corrected chi connectivity index (χ1v) is 8.12. The fraction of sp³-hybridized carbons (Fsp3) is 0.286. The van der Waals surface area contributed by atoms with E-state index >= 15 is 0 Å². The fourth-order valence-corrected chi connectivity index (χ4v) is 3.72. The first-order valence-electron chi connectivity index (χ1n) is 6.64. The summed E-state index contributed by atoms with van der Waals surface area (Å²) in [5.74, 6) is 0.167. The molecule has 1 aromatic carbocycles. The lowest BCUT2D eigenvalue weighted by atomic mass is 10.1. The van der Waals surface area contributed by atoms with Gasteiger partial charge in [0.1, 0.15) is 11.4 Å². The van der Waals surface area contributed by atoms with E-state index < -0.39 is 15.9 Å². The predicted molar refractivity (Wildman–Crippen MR) is 76.3 cm³/mol. The molecule has 0 radical (unpaired) electrons. The summed E-state index contributed by atoms with van der Waals surface area (Å²) in [4.78, 5) is 12.1. The van der Waals surface area contributed by atoms with E-state index in [1.54, 1.807) is 12.1 Å². The zero-order valence-corrected chi connectivity index (χ0v) is 12.9. The van der Waals surface area contributed by atoms with Crippen LogP contribution in [0.5, 0.6) is 5.75 Å². The van der Waals surface area contributed by atoms with Gasteiger partial charge in [-0.1, -0.05) is 5.16 Å². The normalized spacial score (nSPS) is 13.5. The molecule has 0 fully saturated rings. The number of nitrogens with one attached hydrogen (secondary N) is 1. The first kappa shape index (κ1) is 14.6. The molecule has 1 amide bonds. The van der Waals surface area contributed by atoms with E-state index in [0.29, 0.717) is 13.0 Å². The minimum atomic E-state index is -4.03. The van der Waals surface area contributed by atoms with Gasteiger partial charge in [0, 0.05) is 12.0 Å². The van der Waals surface area contributed by atoms with Crippen molar-refractivity contribution in [3.8, 4) is 5.75 Å². The number of carbonyl (C=O) groups excluding carboxylic acids is 1. The molecule has 1 aliphatic heterocycles. The van der Waals surface area contributed by atoms with Gasteiger partial charge >= 0.3 is 0 Å². The van der Waals surface area contributed by atoms with Crippen molar-refractivity contribution in [3.05, 3.63) is 40.8 Å². The summed E-state index contributed by atoms with van der Waals surface area (Å²) >= 11 is 0. The minimum Gasteiger partial charge on any atom is -0.493 e. The fourth-order valence-electron chi connectivity index (χ4n) is 2.42. The summed E-state index contributed by atoms with van der Waals surface area (Å²) in [6, 6.07) is 4.84. The molecule has 3 rings (SSSR count). The monoisotopic (exact) mass is 322 g/mol. The van der Waals surface area contributed by atoms with Crippen LogP contribution < -0.4 is 9.46 Å². The summed E-state index contributed by atoms with van der Waals surface area (Å²) in [5, 5.41) is 3.59. The molecule has 1 aliphatic rings. The van der Waals surface area contributed by atoms with Crippen LogP contribution in [-0.4, -0.2) is 26.1 Å². The second kappa shape index (κ2) is 5.13. The van der Waals surface area contributed by atoms with Crippen molar-refractivity contribution in [2.75, 3.05) is 6.61 Å². The number of hydrogen-bond donors (Lipinski definition) is 1. The van der Waals surface area contributed by atoms with Crippen LogP contribution in [0.25, 0.3) is 0 Å². The number of aromatic nitrogens is 1. The molecule has 2 aromatic rings. The molecule has 0 saturated heterocycles. The molecule has 2 heterocycles. The van der Waals surface area contributed by atoms with E-state index in [1.165, 1.54) is 19.9 Å². The maximum Gasteiger partial charge on any atom is 0.269 e. The Morgan fingerprint density at radius 3 is 2.77 bits per heavy atom. The molecule has 0 aliphatic carbocycles. The highest BCUT2D eigenvalue weighted by molar-refractivity contribution is 7.90. The molecule has 22 heavy (non-hydrogen) atoms. The van der Waals surface area contributed by atoms with E-state index in [4.69, 9.17) is 9.26 Å². The van der Waals surface area contributed by atoms with Gasteiger partial charge in [-0.2, -0.15) is 0 Å². The lowest BCUT2D eigenvalue weighted by Gasteiger charge is -2.07. The van der Waals surface area contributed by atoms with Crippen LogP contribution in [-0.2, 0) is 16.4 Å². The second-order valence-corrected chi connectivity index (χ2v) is 6.63. The van der Waals surface area contributed by atoms with Crippen molar-refractivity contribution in [2.45, 2.75) is 25.2 Å². The highest BCUT2D eigenvalue weighted by atomic mass is 32.2. The van der Waals surface area contributed by atoms with Crippen molar-refractivity contribution >= 4 is 15.9 Å². The van der Waals surface area contributed by atoms with Crippen molar-refractivity contribution in [1.29, 1.82) is 0 Å². The minimum absolute atomic E-state index is 0.106. The number of rotatable bonds is 3. The Labute approximate surface area is 127 Å². The number of sulfonamides is 1. The standard InChI is InChI=1S/C14H14N2O5S/c1-8-13(9(2)21-15-8)22(18,19)16-14(17)11-3-4-12-10(7-11)5-6-20-12/h3-4,7H,5-6H2,1-2H3,(H,16,17). The second-order valence-electron chi connectivity index (χ2n) is 5.01. The molecular weight excluding hydrogens is 308 g/mol. The van der Waals surface area contributed by atoms with Crippen molar-refractivity contribution in [1.82, 2.24) is 9.88 Å². The third-order valence-electron chi connectivity index (χ3n) is 3.42. The van der Waals surface area contributed by atoms with Crippen LogP contribution in [0, 0.1) is 13.8 Å². The van der Waals surface area contributed by atoms with Gasteiger partial charge in [-0.05, 0) is 37.6 Å². The predicted octanol–water partition coefficient (Wildman–Crippen LogP) is 1.35. The topological polar surface area (TPSA) is 98.5 Å². The number of amides is 1. The number of nitrogens with zero attached hydrogens (tertiary/aromatic N) is 1. The van der Waals surface area contributed by atoms with Gasteiger partial charge < -0.3 is 9.26 Å².